The van der Waals surface area contributed by atoms with Crippen molar-refractivity contribution in [3.8, 4) is 5.88 Å². The number of nitrogens with one attached hydrogen (secondary N) is 2. The number of alkyl halides is 5. The molecule has 1 saturated carbocycles. The van der Waals surface area contributed by atoms with Crippen LogP contribution >= 0.6 is 0 Å². The quantitative estimate of drug-likeness (QED) is 0.610. The maximum Gasteiger partial charge on any atom is 0.456 e. The van der Waals surface area contributed by atoms with Crippen LogP contribution in [0.2, 0.25) is 0 Å². The number of ether oxygens (including phenoxy) is 1. The van der Waals surface area contributed by atoms with Gasteiger partial charge in [0, 0.05) is 36.5 Å². The molecule has 0 aliphatic heterocycles. The first kappa shape index (κ1) is 22.4. The first-order valence-electron chi connectivity index (χ1n) is 9.12. The van der Waals surface area contributed by atoms with Crippen molar-refractivity contribution in [2.75, 3.05) is 11.9 Å². The molecule has 0 unspecified atom stereocenters. The number of carbonyl (C=O) groups excluding carboxylic acids is 2. The zero-order chi connectivity index (χ0) is 22.6. The smallest absolute Gasteiger partial charge is 0.456 e. The lowest BCUT2D eigenvalue weighted by Crippen LogP contribution is -2.41. The van der Waals surface area contributed by atoms with Crippen molar-refractivity contribution in [1.82, 2.24) is 15.3 Å². The summed E-state index contributed by atoms with van der Waals surface area (Å²) in [5, 5.41) is 5.23. The van der Waals surface area contributed by atoms with Crippen LogP contribution < -0.4 is 15.4 Å². The van der Waals surface area contributed by atoms with Gasteiger partial charge in [-0.05, 0) is 30.5 Å². The van der Waals surface area contributed by atoms with E-state index in [1.165, 1.54) is 30.6 Å². The predicted octanol–water partition coefficient (Wildman–Crippen LogP) is 3.33. The van der Waals surface area contributed by atoms with Crippen LogP contribution in [-0.4, -0.2) is 40.5 Å². The molecule has 2 heterocycles. The maximum atomic E-state index is 12.9. The van der Waals surface area contributed by atoms with Crippen LogP contribution in [0.1, 0.15) is 28.8 Å². The van der Waals surface area contributed by atoms with Crippen molar-refractivity contribution in [1.29, 1.82) is 0 Å². The Morgan fingerprint density at radius 1 is 1.10 bits per heavy atom. The molecule has 1 aliphatic carbocycles. The second-order valence-corrected chi connectivity index (χ2v) is 6.87. The lowest BCUT2D eigenvalue weighted by atomic mass is 10.2. The van der Waals surface area contributed by atoms with Crippen molar-refractivity contribution >= 4 is 17.6 Å². The number of halogens is 5. The van der Waals surface area contributed by atoms with Crippen LogP contribution in [0.3, 0.4) is 0 Å². The van der Waals surface area contributed by atoms with Crippen LogP contribution in [0.4, 0.5) is 27.8 Å². The number of anilines is 1. The molecule has 2 amide bonds. The molecule has 2 aromatic rings. The molecule has 0 bridgehead atoms. The van der Waals surface area contributed by atoms with Gasteiger partial charge < -0.3 is 15.4 Å². The van der Waals surface area contributed by atoms with E-state index in [-0.39, 0.29) is 29.8 Å². The van der Waals surface area contributed by atoms with Gasteiger partial charge in [0.2, 0.25) is 11.8 Å². The van der Waals surface area contributed by atoms with Crippen molar-refractivity contribution in [2.45, 2.75) is 31.5 Å². The zero-order valence-electron chi connectivity index (χ0n) is 15.9. The molecule has 12 heteroatoms. The summed E-state index contributed by atoms with van der Waals surface area (Å²) in [5.41, 5.74) is 0.711. The van der Waals surface area contributed by atoms with Crippen LogP contribution in [0.15, 0.2) is 36.7 Å². The second-order valence-electron chi connectivity index (χ2n) is 6.87. The summed E-state index contributed by atoms with van der Waals surface area (Å²) in [6.07, 6.45) is -1.51. The molecule has 0 aromatic carbocycles. The molecule has 0 spiro atoms. The fraction of sp³-hybridized carbons (Fsp3) is 0.368. The summed E-state index contributed by atoms with van der Waals surface area (Å²) in [7, 11) is 0. The summed E-state index contributed by atoms with van der Waals surface area (Å²) >= 11 is 0. The zero-order valence-corrected chi connectivity index (χ0v) is 15.9. The van der Waals surface area contributed by atoms with E-state index in [0.717, 1.165) is 18.9 Å². The van der Waals surface area contributed by atoms with E-state index in [0.29, 0.717) is 5.56 Å². The predicted molar refractivity (Wildman–Crippen MR) is 97.5 cm³/mol. The SMILES string of the molecule is O=C(NCc1ccc(OCC(F)(F)C(F)(F)F)nc1)c1ccnc(NC(=O)C2CC2)c1. The monoisotopic (exact) mass is 444 g/mol. The number of aromatic nitrogens is 2. The molecule has 166 valence electrons. The van der Waals surface area contributed by atoms with E-state index >= 15 is 0 Å². The fourth-order valence-corrected chi connectivity index (χ4v) is 2.35. The van der Waals surface area contributed by atoms with Gasteiger partial charge >= 0.3 is 12.1 Å². The van der Waals surface area contributed by atoms with Gasteiger partial charge in [-0.2, -0.15) is 22.0 Å². The Balaban J connectivity index is 1.51. The van der Waals surface area contributed by atoms with Gasteiger partial charge in [-0.1, -0.05) is 6.07 Å². The van der Waals surface area contributed by atoms with E-state index in [1.54, 1.807) is 0 Å². The molecule has 2 N–H and O–H groups in total. The number of carbonyl (C=O) groups is 2. The molecular weight excluding hydrogens is 427 g/mol. The van der Waals surface area contributed by atoms with Crippen LogP contribution in [0.5, 0.6) is 5.88 Å². The molecule has 3 rings (SSSR count). The molecule has 31 heavy (non-hydrogen) atoms. The Bertz CT molecular complexity index is 946. The summed E-state index contributed by atoms with van der Waals surface area (Å²) in [6, 6.07) is 5.36. The van der Waals surface area contributed by atoms with Crippen LogP contribution in [0, 0.1) is 5.92 Å². The Morgan fingerprint density at radius 3 is 2.45 bits per heavy atom. The molecule has 1 fully saturated rings. The van der Waals surface area contributed by atoms with Crippen LogP contribution in [-0.2, 0) is 11.3 Å². The third-order valence-corrected chi connectivity index (χ3v) is 4.29. The summed E-state index contributed by atoms with van der Waals surface area (Å²) in [6.45, 7) is -1.88. The first-order valence-corrected chi connectivity index (χ1v) is 9.12. The van der Waals surface area contributed by atoms with Gasteiger partial charge in [0.1, 0.15) is 5.82 Å². The molecule has 7 nitrogen and oxygen atoms in total. The number of hydrogen-bond acceptors (Lipinski definition) is 5. The number of hydrogen-bond donors (Lipinski definition) is 2. The van der Waals surface area contributed by atoms with Crippen molar-refractivity contribution < 1.29 is 36.3 Å². The minimum atomic E-state index is -5.72. The molecule has 0 atom stereocenters. The topological polar surface area (TPSA) is 93.2 Å². The molecule has 2 aromatic heterocycles. The molecule has 0 radical (unpaired) electrons. The van der Waals surface area contributed by atoms with Crippen molar-refractivity contribution in [3.05, 3.63) is 47.8 Å². The standard InChI is InChI=1S/C19H17F5N4O3/c20-18(21,19(22,23)24)10-31-15-4-1-11(8-26-15)9-27-16(29)13-5-6-25-14(7-13)28-17(30)12-2-3-12/h1,4-8,12H,2-3,9-10H2,(H,27,29)(H,25,28,30). The van der Waals surface area contributed by atoms with E-state index in [4.69, 9.17) is 0 Å². The summed E-state index contributed by atoms with van der Waals surface area (Å²) < 4.78 is 66.5. The van der Waals surface area contributed by atoms with Gasteiger partial charge in [0.05, 0.1) is 0 Å². The minimum absolute atomic E-state index is 0.0108. The maximum absolute atomic E-state index is 12.9. The Kier molecular flexibility index (Phi) is 6.37. The Labute approximate surface area is 173 Å². The van der Waals surface area contributed by atoms with Gasteiger partial charge in [-0.3, -0.25) is 9.59 Å². The van der Waals surface area contributed by atoms with Gasteiger partial charge in [0.25, 0.3) is 5.91 Å². The average Bonchev–Trinajstić information content (AvgIpc) is 3.56. The van der Waals surface area contributed by atoms with Gasteiger partial charge in [-0.25, -0.2) is 9.97 Å². The highest BCUT2D eigenvalue weighted by Gasteiger charge is 2.58. The Hall–Kier alpha value is -3.31. The van der Waals surface area contributed by atoms with Gasteiger partial charge in [0.15, 0.2) is 6.61 Å². The summed E-state index contributed by atoms with van der Waals surface area (Å²) in [4.78, 5) is 31.7. The minimum Gasteiger partial charge on any atom is -0.471 e. The van der Waals surface area contributed by atoms with E-state index in [1.807, 2.05) is 0 Å². The summed E-state index contributed by atoms with van der Waals surface area (Å²) in [5.74, 6) is -5.78. The third-order valence-electron chi connectivity index (χ3n) is 4.29. The number of nitrogens with zero attached hydrogens (tertiary/aromatic N) is 2. The highest BCUT2D eigenvalue weighted by Crippen LogP contribution is 2.35. The molecular formula is C19H17F5N4O3. The lowest BCUT2D eigenvalue weighted by molar-refractivity contribution is -0.290. The van der Waals surface area contributed by atoms with E-state index in [2.05, 4.69) is 25.3 Å². The van der Waals surface area contributed by atoms with Gasteiger partial charge in [-0.15, -0.1) is 0 Å². The second kappa shape index (κ2) is 8.82. The fourth-order valence-electron chi connectivity index (χ4n) is 2.35. The highest BCUT2D eigenvalue weighted by atomic mass is 19.4. The first-order chi connectivity index (χ1) is 14.5. The normalized spacial score (nSPS) is 14.1. The highest BCUT2D eigenvalue weighted by molar-refractivity contribution is 5.97. The molecule has 0 saturated heterocycles. The third kappa shape index (κ3) is 6.09. The average molecular weight is 444 g/mol. The number of pyridine rings is 2. The van der Waals surface area contributed by atoms with Crippen molar-refractivity contribution in [2.24, 2.45) is 5.92 Å². The lowest BCUT2D eigenvalue weighted by Gasteiger charge is -2.19. The largest absolute Gasteiger partial charge is 0.471 e. The Morgan fingerprint density at radius 2 is 1.84 bits per heavy atom. The van der Waals surface area contributed by atoms with E-state index < -0.39 is 30.5 Å². The van der Waals surface area contributed by atoms with E-state index in [9.17, 15) is 31.5 Å². The van der Waals surface area contributed by atoms with Crippen LogP contribution in [0.25, 0.3) is 0 Å². The number of rotatable bonds is 8. The van der Waals surface area contributed by atoms with Crippen molar-refractivity contribution in [3.63, 3.8) is 0 Å². The molecule has 1 aliphatic rings. The number of amides is 2.